The number of unbranched alkanes of at least 4 members (excludes halogenated alkanes) is 10. The van der Waals surface area contributed by atoms with Crippen molar-refractivity contribution in [1.82, 2.24) is 5.32 Å². The lowest BCUT2D eigenvalue weighted by atomic mass is 9.99. The van der Waals surface area contributed by atoms with Gasteiger partial charge in [-0.15, -0.1) is 0 Å². The molecule has 0 bridgehead atoms. The minimum atomic E-state index is -3.86. The van der Waals surface area contributed by atoms with Crippen LogP contribution in [0.3, 0.4) is 0 Å². The highest BCUT2D eigenvalue weighted by atomic mass is 32.2. The molecule has 0 radical (unpaired) electrons. The summed E-state index contributed by atoms with van der Waals surface area (Å²) in [6, 6.07) is 12.5. The first-order valence-electron chi connectivity index (χ1n) is 15.2. The van der Waals surface area contributed by atoms with Crippen LogP contribution in [-0.2, 0) is 16.6 Å². The molecule has 0 spiro atoms. The standard InChI is InChI=1S/C32H50N2O6S/c1-2-3-4-5-8-14-19-30(36)31(37)20-15-9-6-7-10-16-23-33-32(38)26-21-22-27(25-35)29(24-26)34-41(39,40)28-17-12-11-13-18-28/h11-13,17-18,21-22,24,30-31,34-37H,2-10,14-16,19-20,23,25H2,1H3,(H,33,38). The molecule has 0 fully saturated rings. The van der Waals surface area contributed by atoms with Gasteiger partial charge in [0.1, 0.15) is 0 Å². The fraction of sp³-hybridized carbons (Fsp3) is 0.594. The van der Waals surface area contributed by atoms with Crippen LogP contribution < -0.4 is 10.0 Å². The van der Waals surface area contributed by atoms with E-state index in [1.54, 1.807) is 30.3 Å². The van der Waals surface area contributed by atoms with Gasteiger partial charge in [0.15, 0.2) is 0 Å². The Morgan fingerprint density at radius 2 is 1.34 bits per heavy atom. The molecule has 2 rings (SSSR count). The number of carbonyl (C=O) groups excluding carboxylic acids is 1. The number of amides is 1. The van der Waals surface area contributed by atoms with Gasteiger partial charge in [0.25, 0.3) is 15.9 Å². The van der Waals surface area contributed by atoms with Gasteiger partial charge in [0.2, 0.25) is 0 Å². The highest BCUT2D eigenvalue weighted by molar-refractivity contribution is 7.92. The third-order valence-electron chi connectivity index (χ3n) is 7.35. The van der Waals surface area contributed by atoms with E-state index in [-0.39, 0.29) is 23.1 Å². The third-order valence-corrected chi connectivity index (χ3v) is 8.73. The lowest BCUT2D eigenvalue weighted by Gasteiger charge is -2.17. The van der Waals surface area contributed by atoms with Crippen LogP contribution in [0.15, 0.2) is 53.4 Å². The number of anilines is 1. The molecule has 0 saturated heterocycles. The Bertz CT molecular complexity index is 1110. The zero-order valence-corrected chi connectivity index (χ0v) is 25.4. The first-order valence-corrected chi connectivity index (χ1v) is 16.7. The van der Waals surface area contributed by atoms with Crippen molar-refractivity contribution in [3.8, 4) is 0 Å². The number of sulfonamides is 1. The van der Waals surface area contributed by atoms with Gasteiger partial charge in [-0.3, -0.25) is 9.52 Å². The van der Waals surface area contributed by atoms with Gasteiger partial charge in [0, 0.05) is 17.7 Å². The summed E-state index contributed by atoms with van der Waals surface area (Å²) in [6.07, 6.45) is 12.9. The molecule has 0 heterocycles. The lowest BCUT2D eigenvalue weighted by molar-refractivity contribution is 0.00712. The Labute approximate surface area is 246 Å². The predicted molar refractivity (Wildman–Crippen MR) is 164 cm³/mol. The molecule has 1 amide bonds. The van der Waals surface area contributed by atoms with Crippen LogP contribution >= 0.6 is 0 Å². The van der Waals surface area contributed by atoms with Gasteiger partial charge in [0.05, 0.1) is 29.4 Å². The van der Waals surface area contributed by atoms with Crippen LogP contribution in [0.1, 0.15) is 113 Å². The topological polar surface area (TPSA) is 136 Å². The van der Waals surface area contributed by atoms with Crippen LogP contribution in [0.2, 0.25) is 0 Å². The number of aliphatic hydroxyl groups excluding tert-OH is 3. The fourth-order valence-corrected chi connectivity index (χ4v) is 5.87. The number of aliphatic hydroxyl groups is 3. The van der Waals surface area contributed by atoms with E-state index in [0.29, 0.717) is 30.5 Å². The summed E-state index contributed by atoms with van der Waals surface area (Å²) in [5, 5.41) is 32.9. The summed E-state index contributed by atoms with van der Waals surface area (Å²) in [5.41, 5.74) is 0.857. The summed E-state index contributed by atoms with van der Waals surface area (Å²) < 4.78 is 27.9. The van der Waals surface area contributed by atoms with Crippen molar-refractivity contribution in [2.75, 3.05) is 11.3 Å². The SMILES string of the molecule is CCCCCCCCC(O)C(O)CCCCCCCCNC(=O)c1ccc(CO)c(NS(=O)(=O)c2ccccc2)c1. The molecule has 8 nitrogen and oxygen atoms in total. The molecule has 0 aliphatic carbocycles. The van der Waals surface area contributed by atoms with E-state index in [1.807, 2.05) is 0 Å². The smallest absolute Gasteiger partial charge is 0.261 e. The molecule has 2 aromatic carbocycles. The lowest BCUT2D eigenvalue weighted by Crippen LogP contribution is -2.25. The zero-order chi connectivity index (χ0) is 29.9. The molecule has 9 heteroatoms. The summed E-state index contributed by atoms with van der Waals surface area (Å²) in [7, 11) is -3.86. The Balaban J connectivity index is 1.62. The second kappa shape index (κ2) is 19.6. The Morgan fingerprint density at radius 3 is 1.93 bits per heavy atom. The number of hydrogen-bond acceptors (Lipinski definition) is 6. The maximum absolute atomic E-state index is 12.7. The van der Waals surface area contributed by atoms with Crippen molar-refractivity contribution < 1.29 is 28.5 Å². The van der Waals surface area contributed by atoms with Gasteiger partial charge in [-0.1, -0.05) is 102 Å². The molecule has 0 aliphatic heterocycles. The Hall–Kier alpha value is -2.46. The van der Waals surface area contributed by atoms with Gasteiger partial charge >= 0.3 is 0 Å². The van der Waals surface area contributed by atoms with Crippen molar-refractivity contribution in [2.24, 2.45) is 0 Å². The maximum Gasteiger partial charge on any atom is 0.261 e. The van der Waals surface area contributed by atoms with Crippen LogP contribution in [0.4, 0.5) is 5.69 Å². The number of benzene rings is 2. The fourth-order valence-electron chi connectivity index (χ4n) is 4.76. The molecule has 0 aromatic heterocycles. The molecule has 0 saturated carbocycles. The number of nitrogens with one attached hydrogen (secondary N) is 2. The molecule has 230 valence electrons. The van der Waals surface area contributed by atoms with E-state index in [9.17, 15) is 28.5 Å². The van der Waals surface area contributed by atoms with Crippen molar-refractivity contribution in [2.45, 2.75) is 121 Å². The molecule has 2 atom stereocenters. The third kappa shape index (κ3) is 13.4. The van der Waals surface area contributed by atoms with E-state index in [1.165, 1.54) is 43.9 Å². The van der Waals surface area contributed by atoms with E-state index >= 15 is 0 Å². The van der Waals surface area contributed by atoms with Crippen molar-refractivity contribution in [3.63, 3.8) is 0 Å². The van der Waals surface area contributed by atoms with Gasteiger partial charge < -0.3 is 20.6 Å². The van der Waals surface area contributed by atoms with Crippen LogP contribution in [0, 0.1) is 0 Å². The molecule has 0 aliphatic rings. The normalized spacial score (nSPS) is 13.1. The van der Waals surface area contributed by atoms with E-state index in [0.717, 1.165) is 51.4 Å². The largest absolute Gasteiger partial charge is 0.392 e. The van der Waals surface area contributed by atoms with Gasteiger partial charge in [-0.05, 0) is 43.5 Å². The van der Waals surface area contributed by atoms with Crippen LogP contribution in [-0.4, -0.2) is 48.4 Å². The number of carbonyl (C=O) groups is 1. The monoisotopic (exact) mass is 590 g/mol. The molecule has 41 heavy (non-hydrogen) atoms. The first-order chi connectivity index (χ1) is 19.8. The molecule has 5 N–H and O–H groups in total. The Morgan fingerprint density at radius 1 is 0.780 bits per heavy atom. The van der Waals surface area contributed by atoms with E-state index in [4.69, 9.17) is 0 Å². The molecular formula is C32H50N2O6S. The highest BCUT2D eigenvalue weighted by Crippen LogP contribution is 2.22. The number of rotatable bonds is 22. The van der Waals surface area contributed by atoms with Crippen molar-refractivity contribution in [1.29, 1.82) is 0 Å². The van der Waals surface area contributed by atoms with Gasteiger partial charge in [-0.2, -0.15) is 0 Å². The van der Waals surface area contributed by atoms with E-state index in [2.05, 4.69) is 17.0 Å². The molecular weight excluding hydrogens is 540 g/mol. The van der Waals surface area contributed by atoms with Crippen molar-refractivity contribution in [3.05, 3.63) is 59.7 Å². The minimum absolute atomic E-state index is 0.0935. The second-order valence-corrected chi connectivity index (χ2v) is 12.5. The average molecular weight is 591 g/mol. The quantitative estimate of drug-likeness (QED) is 0.108. The van der Waals surface area contributed by atoms with Crippen LogP contribution in [0.5, 0.6) is 0 Å². The minimum Gasteiger partial charge on any atom is -0.392 e. The maximum atomic E-state index is 12.7. The molecule has 2 unspecified atom stereocenters. The predicted octanol–water partition coefficient (Wildman–Crippen LogP) is 5.91. The summed E-state index contributed by atoms with van der Waals surface area (Å²) in [4.78, 5) is 12.7. The summed E-state index contributed by atoms with van der Waals surface area (Å²) >= 11 is 0. The summed E-state index contributed by atoms with van der Waals surface area (Å²) in [6.45, 7) is 2.34. The number of hydrogen-bond donors (Lipinski definition) is 5. The average Bonchev–Trinajstić information content (AvgIpc) is 2.97. The Kier molecular flexibility index (Phi) is 16.6. The molecule has 2 aromatic rings. The first kappa shape index (κ1) is 34.7. The van der Waals surface area contributed by atoms with Gasteiger partial charge in [-0.25, -0.2) is 8.42 Å². The second-order valence-electron chi connectivity index (χ2n) is 10.8. The highest BCUT2D eigenvalue weighted by Gasteiger charge is 2.18. The summed E-state index contributed by atoms with van der Waals surface area (Å²) in [5.74, 6) is -0.303. The van der Waals surface area contributed by atoms with E-state index < -0.39 is 22.2 Å². The zero-order valence-electron chi connectivity index (χ0n) is 24.6. The van der Waals surface area contributed by atoms with Crippen LogP contribution in [0.25, 0.3) is 0 Å². The van der Waals surface area contributed by atoms with Crippen molar-refractivity contribution >= 4 is 21.6 Å².